The highest BCUT2D eigenvalue weighted by Gasteiger charge is 2.60. The largest absolute Gasteiger partial charge is 0.497 e. The predicted octanol–water partition coefficient (Wildman–Crippen LogP) is 8.82. The van der Waals surface area contributed by atoms with Crippen molar-refractivity contribution in [3.63, 3.8) is 0 Å². The molecule has 10 rings (SSSR count). The van der Waals surface area contributed by atoms with Crippen molar-refractivity contribution >= 4 is 0 Å². The lowest BCUT2D eigenvalue weighted by Gasteiger charge is -2.56. The van der Waals surface area contributed by atoms with E-state index in [9.17, 15) is 8.22 Å². The van der Waals surface area contributed by atoms with Gasteiger partial charge in [0.2, 0.25) is 6.29 Å². The molecule has 0 unspecified atom stereocenters. The first kappa shape index (κ1) is 25.8. The van der Waals surface area contributed by atoms with Crippen LogP contribution in [0.2, 0.25) is 0 Å². The summed E-state index contributed by atoms with van der Waals surface area (Å²) in [5, 5.41) is 0. The van der Waals surface area contributed by atoms with Gasteiger partial charge >= 0.3 is 0 Å². The molecule has 6 aliphatic rings. The van der Waals surface area contributed by atoms with E-state index in [2.05, 4.69) is 0 Å². The van der Waals surface area contributed by atoms with Crippen LogP contribution in [0.4, 0.5) is 0 Å². The Kier molecular flexibility index (Phi) is 8.20. The van der Waals surface area contributed by atoms with E-state index in [-0.39, 0.29) is 31.8 Å². The van der Waals surface area contributed by atoms with Crippen LogP contribution >= 0.6 is 0 Å². The molecule has 12 heteroatoms. The molecular weight excluding hydrogens is 817 g/mol. The van der Waals surface area contributed by atoms with Gasteiger partial charge in [0.1, 0.15) is 60.3 Å². The number of hydrogen-bond acceptors (Lipinski definition) is 12. The number of fused-ring (bicyclic) bond motifs is 2. The zero-order chi connectivity index (χ0) is 61.6. The summed E-state index contributed by atoms with van der Waals surface area (Å²) in [6.45, 7) is -11.0. The Morgan fingerprint density at radius 2 is 0.953 bits per heavy atom. The van der Waals surface area contributed by atoms with Gasteiger partial charge in [0.15, 0.2) is 17.9 Å². The molecule has 2 saturated carbocycles. The van der Waals surface area contributed by atoms with Gasteiger partial charge in [0.25, 0.3) is 0 Å². The third-order valence-electron chi connectivity index (χ3n) is 12.1. The van der Waals surface area contributed by atoms with Crippen molar-refractivity contribution in [3.8, 4) is 11.5 Å². The molecule has 6 fully saturated rings. The summed E-state index contributed by atoms with van der Waals surface area (Å²) in [6, 6.07) is -8.32. The van der Waals surface area contributed by atoms with E-state index >= 15 is 0 Å². The third kappa shape index (κ3) is 10.1. The lowest BCUT2D eigenvalue weighted by atomic mass is 9.89. The second-order valence-corrected chi connectivity index (χ2v) is 16.3. The summed E-state index contributed by atoms with van der Waals surface area (Å²) in [4.78, 5) is 0. The summed E-state index contributed by atoms with van der Waals surface area (Å²) in [7, 11) is 1.43. The maximum Gasteiger partial charge on any atom is 0.229 e. The molecule has 0 N–H and O–H groups in total. The molecule has 64 heavy (non-hydrogen) atoms. The zero-order valence-electron chi connectivity index (χ0n) is 56.0. The number of rotatable bonds is 14. The fourth-order valence-electron chi connectivity index (χ4n) is 9.02. The van der Waals surface area contributed by atoms with E-state index in [4.69, 9.17) is 77.4 Å². The Bertz CT molecular complexity index is 3080. The Morgan fingerprint density at radius 3 is 1.44 bits per heavy atom. The van der Waals surface area contributed by atoms with E-state index < -0.39 is 200 Å². The van der Waals surface area contributed by atoms with Crippen molar-refractivity contribution in [1.82, 2.24) is 0 Å². The number of methoxy groups -OCH3 is 1. The molecule has 4 aromatic carbocycles. The van der Waals surface area contributed by atoms with Gasteiger partial charge in [0.05, 0.1) is 68.8 Å². The smallest absolute Gasteiger partial charge is 0.229 e. The highest BCUT2D eigenvalue weighted by atomic mass is 16.8. The first-order valence-corrected chi connectivity index (χ1v) is 21.6. The second kappa shape index (κ2) is 20.3. The molecule has 0 amide bonds. The average molecular weight is 900 g/mol. The number of hydrogen-bond donors (Lipinski definition) is 0. The number of benzene rings is 4. The Morgan fingerprint density at radius 1 is 0.531 bits per heavy atom. The van der Waals surface area contributed by atoms with Crippen LogP contribution < -0.4 is 9.47 Å². The Balaban J connectivity index is 1.18. The SMILES string of the molecule is [2H]c1c([2H])c([2H])c(C([2H])([2H])O[C@@H]2[C@@H](OC([2H])([2H])c3c([2H])c([2H])c([2H])c([2H])c3[2H])[C@H](O[C@@H]3[C@@H](OC([2H])([2H])c4c([2H])c([2H])c([2H])c([2H])c4[2H])[C@H](Oc4ccc(OC)cc4)O[C@@H]4COC5(CCCCC5)O[C@@H]34)O[C@@H]3COC4(CCCCC4)O[C@@H]23)c([2H])c1[2H]. The fourth-order valence-corrected chi connectivity index (χ4v) is 9.02. The Labute approximate surface area is 406 Å². The van der Waals surface area contributed by atoms with Crippen LogP contribution in [-0.4, -0.2) is 93.3 Å². The molecule has 0 bridgehead atoms. The summed E-state index contributed by atoms with van der Waals surface area (Å²) < 4.78 is 264. The second-order valence-electron chi connectivity index (χ2n) is 16.3. The van der Waals surface area contributed by atoms with Gasteiger partial charge in [-0.1, -0.05) is 103 Å². The summed E-state index contributed by atoms with van der Waals surface area (Å²) in [5.74, 6) is -2.29. The lowest BCUT2D eigenvalue weighted by Crippen LogP contribution is -2.70. The predicted molar refractivity (Wildman–Crippen MR) is 234 cm³/mol. The minimum absolute atomic E-state index is 0.0580. The molecule has 0 aromatic heterocycles. The van der Waals surface area contributed by atoms with Crippen LogP contribution in [0, 0.1) is 0 Å². The van der Waals surface area contributed by atoms with E-state index in [1.54, 1.807) is 0 Å². The minimum atomic E-state index is -3.55. The maximum atomic E-state index is 9.59. The van der Waals surface area contributed by atoms with E-state index in [0.717, 1.165) is 12.8 Å². The molecule has 4 aromatic rings. The van der Waals surface area contributed by atoms with Crippen LogP contribution in [0.15, 0.2) is 115 Å². The van der Waals surface area contributed by atoms with Crippen LogP contribution in [0.25, 0.3) is 0 Å². The van der Waals surface area contributed by atoms with Crippen LogP contribution in [0.1, 0.15) is 110 Å². The summed E-state index contributed by atoms with van der Waals surface area (Å²) in [6.07, 6.45) is -13.0. The van der Waals surface area contributed by atoms with Crippen LogP contribution in [0.5, 0.6) is 11.5 Å². The number of ether oxygens (including phenoxy) is 12. The van der Waals surface area contributed by atoms with Crippen molar-refractivity contribution in [2.24, 2.45) is 0 Å². The van der Waals surface area contributed by atoms with E-state index in [1.807, 2.05) is 0 Å². The Hall–Kier alpha value is -3.92. The highest BCUT2D eigenvalue weighted by molar-refractivity contribution is 5.31. The molecule has 0 radical (unpaired) electrons. The van der Waals surface area contributed by atoms with Crippen molar-refractivity contribution in [2.45, 2.75) is 157 Å². The molecule has 2 aliphatic carbocycles. The molecular formula is C52H62O12. The lowest BCUT2D eigenvalue weighted by molar-refractivity contribution is -0.431. The molecule has 4 heterocycles. The first-order valence-electron chi connectivity index (χ1n) is 32.1. The third-order valence-corrected chi connectivity index (χ3v) is 12.1. The van der Waals surface area contributed by atoms with Crippen molar-refractivity contribution in [3.05, 3.63) is 132 Å². The van der Waals surface area contributed by atoms with Crippen LogP contribution in [-0.2, 0) is 67.0 Å². The average Bonchev–Trinajstić information content (AvgIpc) is 1.60. The quantitative estimate of drug-likeness (QED) is 0.121. The van der Waals surface area contributed by atoms with Gasteiger partial charge in [-0.3, -0.25) is 0 Å². The monoisotopic (exact) mass is 900 g/mol. The molecule has 4 aliphatic heterocycles. The van der Waals surface area contributed by atoms with Gasteiger partial charge in [-0.25, -0.2) is 0 Å². The molecule has 4 saturated heterocycles. The molecule has 10 atom stereocenters. The minimum Gasteiger partial charge on any atom is -0.497 e. The molecule has 342 valence electrons. The fraction of sp³-hybridized carbons (Fsp3) is 0.538. The molecule has 2 spiro atoms. The van der Waals surface area contributed by atoms with Crippen molar-refractivity contribution < 1.29 is 85.6 Å². The van der Waals surface area contributed by atoms with Crippen molar-refractivity contribution in [1.29, 1.82) is 0 Å². The van der Waals surface area contributed by atoms with Gasteiger partial charge in [-0.05, 0) is 66.6 Å². The zero-order valence-corrected chi connectivity index (χ0v) is 35.0. The van der Waals surface area contributed by atoms with E-state index in [0.29, 0.717) is 44.3 Å². The summed E-state index contributed by atoms with van der Waals surface area (Å²) in [5.41, 5.74) is -3.02. The van der Waals surface area contributed by atoms with Gasteiger partial charge in [-0.2, -0.15) is 0 Å². The van der Waals surface area contributed by atoms with Crippen LogP contribution in [0.3, 0.4) is 0 Å². The maximum absolute atomic E-state index is 9.59. The standard InChI is InChI=1S/C52H62O12/c1-53-39-23-25-40(26-24-39)59-49-48(56-33-38-21-11-4-12-22-38)46(44-42(60-49)35-58-52(64-44)29-15-6-16-30-52)62-50-47(55-32-37-19-9-3-10-20-37)45(54-31-36-17-7-2-8-18-36)43-41(61-50)34-57-51(63-43)27-13-5-14-28-51/h2-4,7-12,17-26,41-50H,5-6,13-16,27-35H2,1H3/t41-,42-,43-,44-,45+,46+,47-,48-,49-,50+/m1/s1/i2D,3D,4D,7D,8D,9D,10D,11D,12D,17D,18D,19D,20D,21D,22D,31D2,32D2,33D2. The van der Waals surface area contributed by atoms with Gasteiger partial charge in [0, 0.05) is 25.7 Å². The van der Waals surface area contributed by atoms with Gasteiger partial charge in [-0.15, -0.1) is 0 Å². The van der Waals surface area contributed by atoms with Gasteiger partial charge < -0.3 is 56.8 Å². The van der Waals surface area contributed by atoms with Crippen molar-refractivity contribution in [2.75, 3.05) is 20.3 Å². The topological polar surface area (TPSA) is 111 Å². The molecule has 12 nitrogen and oxygen atoms in total. The normalized spacial score (nSPS) is 37.4. The first-order chi connectivity index (χ1) is 40.0. The summed E-state index contributed by atoms with van der Waals surface area (Å²) >= 11 is 0. The van der Waals surface area contributed by atoms with E-state index in [1.165, 1.54) is 31.4 Å². The highest BCUT2D eigenvalue weighted by Crippen LogP contribution is 2.46.